The van der Waals surface area contributed by atoms with Crippen LogP contribution in [0.25, 0.3) is 0 Å². The minimum Gasteiger partial charge on any atom is -0.456 e. The number of hydrogen-bond donors (Lipinski definition) is 2. The smallest absolute Gasteiger partial charge is 0.322 e. The summed E-state index contributed by atoms with van der Waals surface area (Å²) in [6, 6.07) is 8.93. The predicted octanol–water partition coefficient (Wildman–Crippen LogP) is 3.32. The van der Waals surface area contributed by atoms with Crippen molar-refractivity contribution in [2.45, 2.75) is 33.2 Å². The number of nitrogens with one attached hydrogen (secondary N) is 2. The SMILES string of the molecule is CCc1oc(C(=O)Nc2cccc(N3C(=O)NC[C@@H]3C)c2)cc1C. The molecule has 1 atom stereocenters. The van der Waals surface area contributed by atoms with Gasteiger partial charge < -0.3 is 15.1 Å². The molecule has 0 unspecified atom stereocenters. The van der Waals surface area contributed by atoms with Crippen LogP contribution in [0.15, 0.2) is 34.7 Å². The highest BCUT2D eigenvalue weighted by molar-refractivity contribution is 6.03. The van der Waals surface area contributed by atoms with Gasteiger partial charge in [0.1, 0.15) is 5.76 Å². The monoisotopic (exact) mass is 327 g/mol. The maximum atomic E-state index is 12.4. The standard InChI is InChI=1S/C18H21N3O3/c1-4-15-11(2)8-16(24-15)17(22)20-13-6-5-7-14(9-13)21-12(3)10-19-18(21)23/h5-9,12H,4,10H2,1-3H3,(H,19,23)(H,20,22)/t12-/m0/s1. The number of furan rings is 1. The Kier molecular flexibility index (Phi) is 4.29. The van der Waals surface area contributed by atoms with Crippen molar-refractivity contribution >= 4 is 23.3 Å². The van der Waals surface area contributed by atoms with Gasteiger partial charge in [0, 0.05) is 24.3 Å². The lowest BCUT2D eigenvalue weighted by atomic mass is 10.2. The van der Waals surface area contributed by atoms with Crippen molar-refractivity contribution in [2.75, 3.05) is 16.8 Å². The molecule has 6 heteroatoms. The number of carbonyl (C=O) groups excluding carboxylic acids is 2. The molecule has 2 heterocycles. The molecule has 2 aromatic rings. The lowest BCUT2D eigenvalue weighted by Crippen LogP contribution is -2.32. The highest BCUT2D eigenvalue weighted by Gasteiger charge is 2.28. The zero-order valence-corrected chi connectivity index (χ0v) is 14.1. The van der Waals surface area contributed by atoms with E-state index in [9.17, 15) is 9.59 Å². The number of anilines is 2. The van der Waals surface area contributed by atoms with Gasteiger partial charge in [0.2, 0.25) is 0 Å². The Hall–Kier alpha value is -2.76. The molecule has 1 aromatic carbocycles. The van der Waals surface area contributed by atoms with E-state index in [4.69, 9.17) is 4.42 Å². The Morgan fingerprint density at radius 3 is 2.83 bits per heavy atom. The topological polar surface area (TPSA) is 74.6 Å². The maximum Gasteiger partial charge on any atom is 0.322 e. The van der Waals surface area contributed by atoms with Gasteiger partial charge in [-0.2, -0.15) is 0 Å². The second kappa shape index (κ2) is 6.39. The number of hydrogen-bond acceptors (Lipinski definition) is 3. The summed E-state index contributed by atoms with van der Waals surface area (Å²) in [4.78, 5) is 26.0. The number of rotatable bonds is 4. The average Bonchev–Trinajstić information content (AvgIpc) is 3.10. The fourth-order valence-electron chi connectivity index (χ4n) is 2.89. The molecule has 126 valence electrons. The fourth-order valence-corrected chi connectivity index (χ4v) is 2.89. The summed E-state index contributed by atoms with van der Waals surface area (Å²) in [5.41, 5.74) is 2.34. The Balaban J connectivity index is 1.79. The minimum absolute atomic E-state index is 0.0725. The van der Waals surface area contributed by atoms with Crippen LogP contribution < -0.4 is 15.5 Å². The van der Waals surface area contributed by atoms with Gasteiger partial charge in [-0.05, 0) is 43.7 Å². The van der Waals surface area contributed by atoms with Crippen LogP contribution in [0.1, 0.15) is 35.7 Å². The first-order valence-corrected chi connectivity index (χ1v) is 8.07. The largest absolute Gasteiger partial charge is 0.456 e. The van der Waals surface area contributed by atoms with Crippen LogP contribution >= 0.6 is 0 Å². The number of aryl methyl sites for hydroxylation is 2. The normalized spacial score (nSPS) is 17.0. The van der Waals surface area contributed by atoms with Gasteiger partial charge in [0.15, 0.2) is 5.76 Å². The third kappa shape index (κ3) is 2.99. The van der Waals surface area contributed by atoms with Crippen LogP contribution in [0.5, 0.6) is 0 Å². The van der Waals surface area contributed by atoms with Gasteiger partial charge in [-0.25, -0.2) is 4.79 Å². The summed E-state index contributed by atoms with van der Waals surface area (Å²) < 4.78 is 5.58. The van der Waals surface area contributed by atoms with Crippen LogP contribution in [0.2, 0.25) is 0 Å². The molecule has 2 N–H and O–H groups in total. The van der Waals surface area contributed by atoms with Crippen LogP contribution in [0.4, 0.5) is 16.2 Å². The van der Waals surface area contributed by atoms with Crippen molar-refractivity contribution in [1.29, 1.82) is 0 Å². The molecule has 1 saturated heterocycles. The zero-order chi connectivity index (χ0) is 17.3. The molecule has 0 saturated carbocycles. The fraction of sp³-hybridized carbons (Fsp3) is 0.333. The van der Waals surface area contributed by atoms with Gasteiger partial charge in [0.25, 0.3) is 5.91 Å². The number of carbonyl (C=O) groups is 2. The van der Waals surface area contributed by atoms with Gasteiger partial charge in [-0.1, -0.05) is 13.0 Å². The van der Waals surface area contributed by atoms with Gasteiger partial charge >= 0.3 is 6.03 Å². The van der Waals surface area contributed by atoms with Crippen LogP contribution in [0.3, 0.4) is 0 Å². The first-order chi connectivity index (χ1) is 11.5. The number of nitrogens with zero attached hydrogens (tertiary/aromatic N) is 1. The second-order valence-electron chi connectivity index (χ2n) is 5.98. The molecule has 1 aliphatic rings. The molecule has 24 heavy (non-hydrogen) atoms. The molecule has 1 aliphatic heterocycles. The molecular weight excluding hydrogens is 306 g/mol. The van der Waals surface area contributed by atoms with Crippen LogP contribution in [0, 0.1) is 6.92 Å². The molecule has 1 aromatic heterocycles. The van der Waals surface area contributed by atoms with Crippen molar-refractivity contribution < 1.29 is 14.0 Å². The molecule has 3 amide bonds. The third-order valence-corrected chi connectivity index (χ3v) is 4.16. The Morgan fingerprint density at radius 2 is 2.21 bits per heavy atom. The summed E-state index contributed by atoms with van der Waals surface area (Å²) in [5, 5.41) is 5.63. The highest BCUT2D eigenvalue weighted by atomic mass is 16.4. The lowest BCUT2D eigenvalue weighted by Gasteiger charge is -2.20. The molecular formula is C18H21N3O3. The van der Waals surface area contributed by atoms with Crippen molar-refractivity contribution in [3.63, 3.8) is 0 Å². The summed E-state index contributed by atoms with van der Waals surface area (Å²) in [6.07, 6.45) is 0.747. The van der Waals surface area contributed by atoms with Crippen molar-refractivity contribution in [1.82, 2.24) is 5.32 Å². The van der Waals surface area contributed by atoms with E-state index in [0.717, 1.165) is 23.4 Å². The van der Waals surface area contributed by atoms with E-state index in [0.29, 0.717) is 18.0 Å². The van der Waals surface area contributed by atoms with Crippen molar-refractivity contribution in [3.8, 4) is 0 Å². The Labute approximate surface area is 140 Å². The second-order valence-corrected chi connectivity index (χ2v) is 5.98. The average molecular weight is 327 g/mol. The van der Waals surface area contributed by atoms with Crippen molar-refractivity contribution in [3.05, 3.63) is 47.4 Å². The summed E-state index contributed by atoms with van der Waals surface area (Å²) in [6.45, 7) is 6.49. The molecule has 0 spiro atoms. The van der Waals surface area contributed by atoms with E-state index >= 15 is 0 Å². The number of benzene rings is 1. The molecule has 6 nitrogen and oxygen atoms in total. The van der Waals surface area contributed by atoms with E-state index in [1.54, 1.807) is 23.1 Å². The summed E-state index contributed by atoms with van der Waals surface area (Å²) >= 11 is 0. The predicted molar refractivity (Wildman–Crippen MR) is 92.6 cm³/mol. The van der Waals surface area contributed by atoms with E-state index in [-0.39, 0.29) is 18.0 Å². The quantitative estimate of drug-likeness (QED) is 0.904. The summed E-state index contributed by atoms with van der Waals surface area (Å²) in [7, 11) is 0. The molecule has 1 fully saturated rings. The van der Waals surface area contributed by atoms with Crippen LogP contribution in [-0.4, -0.2) is 24.5 Å². The summed E-state index contributed by atoms with van der Waals surface area (Å²) in [5.74, 6) is 0.812. The molecule has 0 radical (unpaired) electrons. The minimum atomic E-state index is -0.297. The van der Waals surface area contributed by atoms with Gasteiger partial charge in [0.05, 0.1) is 6.04 Å². The lowest BCUT2D eigenvalue weighted by molar-refractivity contribution is 0.0995. The molecule has 0 bridgehead atoms. The Bertz CT molecular complexity index is 782. The number of amides is 3. The Morgan fingerprint density at radius 1 is 1.42 bits per heavy atom. The zero-order valence-electron chi connectivity index (χ0n) is 14.1. The third-order valence-electron chi connectivity index (χ3n) is 4.16. The van der Waals surface area contributed by atoms with E-state index in [1.807, 2.05) is 32.9 Å². The van der Waals surface area contributed by atoms with Gasteiger partial charge in [-0.15, -0.1) is 0 Å². The van der Waals surface area contributed by atoms with Gasteiger partial charge in [-0.3, -0.25) is 9.69 Å². The molecule has 0 aliphatic carbocycles. The molecule has 3 rings (SSSR count). The van der Waals surface area contributed by atoms with Crippen LogP contribution in [-0.2, 0) is 6.42 Å². The van der Waals surface area contributed by atoms with E-state index < -0.39 is 0 Å². The highest BCUT2D eigenvalue weighted by Crippen LogP contribution is 2.24. The first-order valence-electron chi connectivity index (χ1n) is 8.07. The maximum absolute atomic E-state index is 12.4. The van der Waals surface area contributed by atoms with Crippen molar-refractivity contribution in [2.24, 2.45) is 0 Å². The first kappa shape index (κ1) is 16.1. The van der Waals surface area contributed by atoms with E-state index in [1.165, 1.54) is 0 Å². The number of urea groups is 1. The van der Waals surface area contributed by atoms with E-state index in [2.05, 4.69) is 10.6 Å².